The molecule has 3 rings (SSSR count). The molecule has 94 valence electrons. The number of aliphatic imine (C=N–C) groups is 1. The van der Waals surface area contributed by atoms with Gasteiger partial charge >= 0.3 is 0 Å². The number of carbonyl (C=O) groups excluding carboxylic acids is 1. The molecule has 1 aromatic rings. The molecule has 0 aliphatic carbocycles. The van der Waals surface area contributed by atoms with Crippen LogP contribution in [0.4, 0.5) is 0 Å². The third-order valence-electron chi connectivity index (χ3n) is 2.96. The Hall–Kier alpha value is -1.33. The summed E-state index contributed by atoms with van der Waals surface area (Å²) < 4.78 is 0. The van der Waals surface area contributed by atoms with Crippen LogP contribution in [0, 0.1) is 0 Å². The van der Waals surface area contributed by atoms with Crippen molar-refractivity contribution in [3.8, 4) is 0 Å². The first-order valence-electron chi connectivity index (χ1n) is 6.05. The maximum absolute atomic E-state index is 12.1. The van der Waals surface area contributed by atoms with Crippen LogP contribution < -0.4 is 0 Å². The first-order valence-corrected chi connectivity index (χ1v) is 7.03. The van der Waals surface area contributed by atoms with Crippen molar-refractivity contribution < 1.29 is 9.63 Å². The highest BCUT2D eigenvalue weighted by Gasteiger charge is 2.31. The maximum atomic E-state index is 12.1. The van der Waals surface area contributed by atoms with Crippen LogP contribution in [-0.4, -0.2) is 41.0 Å². The van der Waals surface area contributed by atoms with E-state index < -0.39 is 0 Å². The molecule has 5 heteroatoms. The molecule has 0 spiro atoms. The maximum Gasteiger partial charge on any atom is 0.271 e. The van der Waals surface area contributed by atoms with Gasteiger partial charge in [0.2, 0.25) is 0 Å². The van der Waals surface area contributed by atoms with Gasteiger partial charge < -0.3 is 0 Å². The molecule has 0 radical (unpaired) electrons. The third-order valence-corrected chi connectivity index (χ3v) is 4.05. The number of amides is 1. The number of hydrogen-bond acceptors (Lipinski definition) is 4. The number of nitrogens with zero attached hydrogens (tertiary/aromatic N) is 2. The highest BCUT2D eigenvalue weighted by atomic mass is 32.2. The topological polar surface area (TPSA) is 41.9 Å². The molecule has 1 amide bonds. The Labute approximate surface area is 110 Å². The van der Waals surface area contributed by atoms with Crippen LogP contribution in [0.1, 0.15) is 12.0 Å². The minimum atomic E-state index is -0.289. The number of thioether (sulfide) groups is 1. The van der Waals surface area contributed by atoms with Crippen molar-refractivity contribution in [2.75, 3.05) is 18.9 Å². The predicted octanol–water partition coefficient (Wildman–Crippen LogP) is 1.71. The lowest BCUT2D eigenvalue weighted by atomic mass is 10.2. The molecule has 2 aliphatic rings. The highest BCUT2D eigenvalue weighted by Crippen LogP contribution is 2.25. The highest BCUT2D eigenvalue weighted by molar-refractivity contribution is 8.14. The van der Waals surface area contributed by atoms with Gasteiger partial charge in [0.15, 0.2) is 0 Å². The normalized spacial score (nSPS) is 23.2. The smallest absolute Gasteiger partial charge is 0.271 e. The van der Waals surface area contributed by atoms with Crippen LogP contribution in [0.2, 0.25) is 0 Å². The van der Waals surface area contributed by atoms with E-state index in [0.717, 1.165) is 17.0 Å². The van der Waals surface area contributed by atoms with Crippen molar-refractivity contribution in [1.82, 2.24) is 5.06 Å². The van der Waals surface area contributed by atoms with Crippen LogP contribution in [0.3, 0.4) is 0 Å². The quantitative estimate of drug-likeness (QED) is 0.815. The second-order valence-corrected chi connectivity index (χ2v) is 5.26. The molecule has 1 atom stereocenters. The molecule has 0 aromatic heterocycles. The zero-order valence-electron chi connectivity index (χ0n) is 9.91. The second kappa shape index (κ2) is 5.12. The molecule has 0 bridgehead atoms. The number of carbonyl (C=O) groups is 1. The molecule has 4 nitrogen and oxygen atoms in total. The summed E-state index contributed by atoms with van der Waals surface area (Å²) in [6.07, 6.45) is 0.918. The van der Waals surface area contributed by atoms with Gasteiger partial charge in [0.1, 0.15) is 6.04 Å². The van der Waals surface area contributed by atoms with E-state index in [1.54, 1.807) is 11.8 Å². The van der Waals surface area contributed by atoms with Crippen LogP contribution in [-0.2, 0) is 9.63 Å². The fraction of sp³-hybridized carbons (Fsp3) is 0.385. The van der Waals surface area contributed by atoms with Gasteiger partial charge in [-0.25, -0.2) is 5.06 Å². The fourth-order valence-corrected chi connectivity index (χ4v) is 3.06. The summed E-state index contributed by atoms with van der Waals surface area (Å²) in [4.78, 5) is 21.9. The van der Waals surface area contributed by atoms with E-state index in [0.29, 0.717) is 18.9 Å². The van der Waals surface area contributed by atoms with Crippen LogP contribution in [0.15, 0.2) is 35.3 Å². The lowest BCUT2D eigenvalue weighted by Gasteiger charge is -2.15. The lowest BCUT2D eigenvalue weighted by molar-refractivity contribution is -0.169. The largest absolute Gasteiger partial charge is 0.271 e. The summed E-state index contributed by atoms with van der Waals surface area (Å²) >= 11 is 1.64. The third kappa shape index (κ3) is 2.28. The van der Waals surface area contributed by atoms with Crippen molar-refractivity contribution in [2.24, 2.45) is 4.99 Å². The van der Waals surface area contributed by atoms with E-state index >= 15 is 0 Å². The standard InChI is InChI=1S/C13H14N2O2S/c16-13(15-7-4-8-17-15)11-9-18-12(14-11)10-5-2-1-3-6-10/h1-3,5-6,11H,4,7-9H2. The summed E-state index contributed by atoms with van der Waals surface area (Å²) in [5.74, 6) is 0.703. The number of benzene rings is 1. The molecule has 0 N–H and O–H groups in total. The molecular weight excluding hydrogens is 248 g/mol. The average Bonchev–Trinajstić information content (AvgIpc) is 3.10. The predicted molar refractivity (Wildman–Crippen MR) is 71.5 cm³/mol. The summed E-state index contributed by atoms with van der Waals surface area (Å²) in [5, 5.41) is 2.41. The first kappa shape index (κ1) is 11.7. The number of hydrogen-bond donors (Lipinski definition) is 0. The van der Waals surface area contributed by atoms with Crippen molar-refractivity contribution in [2.45, 2.75) is 12.5 Å². The SMILES string of the molecule is O=C(C1CSC(c2ccccc2)=N1)N1CCCO1. The Morgan fingerprint density at radius 3 is 2.94 bits per heavy atom. The van der Waals surface area contributed by atoms with E-state index in [-0.39, 0.29) is 11.9 Å². The van der Waals surface area contributed by atoms with Gasteiger partial charge in [-0.05, 0) is 6.42 Å². The average molecular weight is 262 g/mol. The summed E-state index contributed by atoms with van der Waals surface area (Å²) in [6, 6.07) is 9.69. The molecule has 2 heterocycles. The molecule has 1 saturated heterocycles. The zero-order chi connectivity index (χ0) is 12.4. The van der Waals surface area contributed by atoms with E-state index in [2.05, 4.69) is 4.99 Å². The van der Waals surface area contributed by atoms with Crippen molar-refractivity contribution in [3.05, 3.63) is 35.9 Å². The van der Waals surface area contributed by atoms with Gasteiger partial charge in [-0.2, -0.15) is 0 Å². The van der Waals surface area contributed by atoms with E-state index in [1.165, 1.54) is 5.06 Å². The molecule has 0 saturated carbocycles. The van der Waals surface area contributed by atoms with Crippen LogP contribution in [0.5, 0.6) is 0 Å². The van der Waals surface area contributed by atoms with Gasteiger partial charge in [0.25, 0.3) is 5.91 Å². The minimum absolute atomic E-state index is 0.00840. The van der Waals surface area contributed by atoms with E-state index in [4.69, 9.17) is 4.84 Å². The van der Waals surface area contributed by atoms with Crippen LogP contribution in [0.25, 0.3) is 0 Å². The monoisotopic (exact) mass is 262 g/mol. The first-order chi connectivity index (χ1) is 8.84. The van der Waals surface area contributed by atoms with Gasteiger partial charge in [0.05, 0.1) is 18.2 Å². The lowest BCUT2D eigenvalue weighted by Crippen LogP contribution is -2.35. The minimum Gasteiger partial charge on any atom is -0.271 e. The number of rotatable bonds is 2. The summed E-state index contributed by atoms with van der Waals surface area (Å²) in [5.41, 5.74) is 1.08. The van der Waals surface area contributed by atoms with Gasteiger partial charge in [0, 0.05) is 11.3 Å². The Bertz CT molecular complexity index is 469. The summed E-state index contributed by atoms with van der Waals surface area (Å²) in [6.45, 7) is 1.33. The Morgan fingerprint density at radius 2 is 2.22 bits per heavy atom. The molecule has 1 fully saturated rings. The second-order valence-electron chi connectivity index (χ2n) is 4.25. The number of hydroxylamine groups is 2. The zero-order valence-corrected chi connectivity index (χ0v) is 10.7. The molecule has 18 heavy (non-hydrogen) atoms. The Kier molecular flexibility index (Phi) is 3.34. The molecule has 2 aliphatic heterocycles. The Morgan fingerprint density at radius 1 is 1.39 bits per heavy atom. The Balaban J connectivity index is 1.73. The van der Waals surface area contributed by atoms with Crippen molar-refractivity contribution >= 4 is 22.7 Å². The van der Waals surface area contributed by atoms with Gasteiger partial charge in [-0.3, -0.25) is 14.6 Å². The van der Waals surface area contributed by atoms with E-state index in [1.807, 2.05) is 30.3 Å². The molecule has 1 aromatic carbocycles. The summed E-state index contributed by atoms with van der Waals surface area (Å²) in [7, 11) is 0. The molecule has 1 unspecified atom stereocenters. The van der Waals surface area contributed by atoms with Gasteiger partial charge in [-0.1, -0.05) is 30.3 Å². The molecular formula is C13H14N2O2S. The van der Waals surface area contributed by atoms with Crippen molar-refractivity contribution in [1.29, 1.82) is 0 Å². The van der Waals surface area contributed by atoms with Crippen LogP contribution >= 0.6 is 11.8 Å². The van der Waals surface area contributed by atoms with E-state index in [9.17, 15) is 4.79 Å². The fourth-order valence-electron chi connectivity index (χ4n) is 2.03. The van der Waals surface area contributed by atoms with Crippen molar-refractivity contribution in [3.63, 3.8) is 0 Å². The van der Waals surface area contributed by atoms with Gasteiger partial charge in [-0.15, -0.1) is 11.8 Å².